The monoisotopic (exact) mass is 391 g/mol. The molecule has 0 spiro atoms. The minimum absolute atomic E-state index is 0.174. The van der Waals surface area contributed by atoms with Gasteiger partial charge >= 0.3 is 0 Å². The van der Waals surface area contributed by atoms with E-state index < -0.39 is 0 Å². The average molecular weight is 392 g/mol. The fourth-order valence-electron chi connectivity index (χ4n) is 3.47. The molecule has 0 fully saturated rings. The minimum Gasteiger partial charge on any atom is -0.497 e. The van der Waals surface area contributed by atoms with Crippen LogP contribution in [0.2, 0.25) is 0 Å². The van der Waals surface area contributed by atoms with Gasteiger partial charge in [0.05, 0.1) is 7.11 Å². The fraction of sp³-hybridized carbons (Fsp3) is 0.346. The lowest BCUT2D eigenvalue weighted by Gasteiger charge is -2.30. The Morgan fingerprint density at radius 2 is 1.72 bits per heavy atom. The van der Waals surface area contributed by atoms with Crippen molar-refractivity contribution in [3.63, 3.8) is 0 Å². The van der Waals surface area contributed by atoms with Crippen molar-refractivity contribution in [2.24, 2.45) is 5.92 Å². The van der Waals surface area contributed by atoms with Gasteiger partial charge in [0.15, 0.2) is 0 Å². The Morgan fingerprint density at radius 3 is 2.21 bits per heavy atom. The molecule has 1 atom stereocenters. The smallest absolute Gasteiger partial charge is 0.148 e. The van der Waals surface area contributed by atoms with Crippen LogP contribution in [0.15, 0.2) is 66.4 Å². The van der Waals surface area contributed by atoms with Gasteiger partial charge < -0.3 is 9.64 Å². The van der Waals surface area contributed by atoms with Crippen LogP contribution in [-0.2, 0) is 11.2 Å². The molecule has 0 saturated carbocycles. The zero-order chi connectivity index (χ0) is 21.4. The summed E-state index contributed by atoms with van der Waals surface area (Å²) >= 11 is 0. The summed E-state index contributed by atoms with van der Waals surface area (Å²) < 4.78 is 5.31. The minimum atomic E-state index is 0.174. The van der Waals surface area contributed by atoms with Crippen molar-refractivity contribution in [3.8, 4) is 5.75 Å². The van der Waals surface area contributed by atoms with Crippen LogP contribution in [0, 0.1) is 5.92 Å². The lowest BCUT2D eigenvalue weighted by molar-refractivity contribution is -0.105. The predicted molar refractivity (Wildman–Crippen MR) is 123 cm³/mol. The highest BCUT2D eigenvalue weighted by Gasteiger charge is 2.20. The third kappa shape index (κ3) is 5.38. The molecule has 0 N–H and O–H groups in total. The first-order valence-corrected chi connectivity index (χ1v) is 10.3. The number of methoxy groups -OCH3 is 1. The fourth-order valence-corrected chi connectivity index (χ4v) is 3.47. The number of allylic oxidation sites excluding steroid dienone is 2. The van der Waals surface area contributed by atoms with Crippen LogP contribution in [0.3, 0.4) is 0 Å². The maximum absolute atomic E-state index is 11.9. The highest BCUT2D eigenvalue weighted by atomic mass is 16.5. The van der Waals surface area contributed by atoms with E-state index in [1.807, 2.05) is 31.2 Å². The average Bonchev–Trinajstić information content (AvgIpc) is 2.75. The number of anilines is 1. The number of aldehydes is 1. The third-order valence-electron chi connectivity index (χ3n) is 5.45. The Balaban J connectivity index is 2.54. The van der Waals surface area contributed by atoms with Crippen molar-refractivity contribution in [1.29, 1.82) is 0 Å². The molecule has 0 heterocycles. The van der Waals surface area contributed by atoms with Gasteiger partial charge in [-0.25, -0.2) is 0 Å². The van der Waals surface area contributed by atoms with E-state index in [0.29, 0.717) is 0 Å². The normalized spacial score (nSPS) is 12.7. The van der Waals surface area contributed by atoms with Crippen LogP contribution >= 0.6 is 0 Å². The van der Waals surface area contributed by atoms with Crippen molar-refractivity contribution in [2.45, 2.75) is 47.0 Å². The van der Waals surface area contributed by atoms with E-state index in [4.69, 9.17) is 4.74 Å². The molecule has 3 heteroatoms. The van der Waals surface area contributed by atoms with Crippen molar-refractivity contribution in [2.75, 3.05) is 12.0 Å². The number of carbonyl (C=O) groups excluding carboxylic acids is 1. The van der Waals surface area contributed by atoms with Gasteiger partial charge in [-0.3, -0.25) is 4.79 Å². The lowest BCUT2D eigenvalue weighted by Crippen LogP contribution is -2.22. The third-order valence-corrected chi connectivity index (χ3v) is 5.45. The molecule has 2 aromatic rings. The van der Waals surface area contributed by atoms with Gasteiger partial charge in [0, 0.05) is 22.7 Å². The summed E-state index contributed by atoms with van der Waals surface area (Å²) in [6, 6.07) is 16.4. The van der Waals surface area contributed by atoms with Crippen LogP contribution < -0.4 is 9.64 Å². The molecule has 0 aromatic heterocycles. The van der Waals surface area contributed by atoms with E-state index in [1.165, 1.54) is 5.56 Å². The number of rotatable bonds is 10. The molecule has 154 valence electrons. The Kier molecular flexibility index (Phi) is 8.26. The zero-order valence-electron chi connectivity index (χ0n) is 18.4. The van der Waals surface area contributed by atoms with Crippen molar-refractivity contribution >= 4 is 17.7 Å². The molecule has 1 unspecified atom stereocenters. The van der Waals surface area contributed by atoms with Crippen LogP contribution in [0.1, 0.15) is 51.7 Å². The number of carbonyl (C=O) groups is 1. The van der Waals surface area contributed by atoms with E-state index in [2.05, 4.69) is 56.5 Å². The van der Waals surface area contributed by atoms with Crippen LogP contribution in [-0.4, -0.2) is 13.4 Å². The molecule has 0 saturated heterocycles. The van der Waals surface area contributed by atoms with E-state index in [9.17, 15) is 4.79 Å². The van der Waals surface area contributed by atoms with Crippen molar-refractivity contribution in [3.05, 3.63) is 77.5 Å². The van der Waals surface area contributed by atoms with Gasteiger partial charge in [0.1, 0.15) is 12.0 Å². The molecule has 0 aliphatic rings. The Hall–Kier alpha value is -2.81. The molecule has 3 nitrogen and oxygen atoms in total. The Morgan fingerprint density at radius 1 is 1.10 bits per heavy atom. The van der Waals surface area contributed by atoms with E-state index in [-0.39, 0.29) is 5.92 Å². The molecule has 0 bridgehead atoms. The van der Waals surface area contributed by atoms with E-state index in [0.717, 1.165) is 59.5 Å². The van der Waals surface area contributed by atoms with Crippen molar-refractivity contribution in [1.82, 2.24) is 0 Å². The predicted octanol–water partition coefficient (Wildman–Crippen LogP) is 6.64. The maximum Gasteiger partial charge on any atom is 0.148 e. The zero-order valence-corrected chi connectivity index (χ0v) is 18.4. The number of benzene rings is 2. The summed E-state index contributed by atoms with van der Waals surface area (Å²) in [5.74, 6) is 0.968. The highest BCUT2D eigenvalue weighted by Crippen LogP contribution is 2.33. The molecule has 2 aromatic carbocycles. The van der Waals surface area contributed by atoms with Gasteiger partial charge in [0.25, 0.3) is 0 Å². The van der Waals surface area contributed by atoms with Gasteiger partial charge in [-0.2, -0.15) is 0 Å². The second kappa shape index (κ2) is 10.7. The quantitative estimate of drug-likeness (QED) is 0.336. The number of ether oxygens (including phenoxy) is 1. The topological polar surface area (TPSA) is 29.5 Å². The highest BCUT2D eigenvalue weighted by molar-refractivity contribution is 5.85. The molecule has 29 heavy (non-hydrogen) atoms. The Bertz CT molecular complexity index is 847. The summed E-state index contributed by atoms with van der Waals surface area (Å²) in [6.45, 7) is 12.7. The first-order chi connectivity index (χ1) is 14.0. The van der Waals surface area contributed by atoms with Crippen LogP contribution in [0.25, 0.3) is 5.70 Å². The standard InChI is InChI=1S/C26H33NO2/c1-7-9-22-10-12-23(13-11-22)20(4)27(21(5)26(18-28)19(3)8-2)24-14-16-25(29-6)17-15-24/h10-19H,4,7-9H2,1-3,5-6H3/b26-21-. The maximum atomic E-state index is 11.9. The van der Waals surface area contributed by atoms with Gasteiger partial charge in [-0.05, 0) is 61.1 Å². The second-order valence-corrected chi connectivity index (χ2v) is 7.39. The first kappa shape index (κ1) is 22.5. The molecule has 0 aliphatic carbocycles. The lowest BCUT2D eigenvalue weighted by atomic mass is 9.96. The number of nitrogens with zero attached hydrogens (tertiary/aromatic N) is 1. The SMILES string of the molecule is C=C(c1ccc(CCC)cc1)N(/C(C)=C(/C=O)C(C)CC)c1ccc(OC)cc1. The van der Waals surface area contributed by atoms with Crippen molar-refractivity contribution < 1.29 is 9.53 Å². The van der Waals surface area contributed by atoms with E-state index >= 15 is 0 Å². The number of aryl methyl sites for hydroxylation is 1. The molecule has 0 amide bonds. The summed E-state index contributed by atoms with van der Waals surface area (Å²) in [5, 5.41) is 0. The molecular formula is C26H33NO2. The van der Waals surface area contributed by atoms with Gasteiger partial charge in [0.2, 0.25) is 0 Å². The Labute approximate surface area is 175 Å². The number of hydrogen-bond donors (Lipinski definition) is 0. The van der Waals surface area contributed by atoms with Crippen LogP contribution in [0.5, 0.6) is 5.75 Å². The number of hydrogen-bond acceptors (Lipinski definition) is 3. The molecule has 2 rings (SSSR count). The second-order valence-electron chi connectivity index (χ2n) is 7.39. The summed E-state index contributed by atoms with van der Waals surface area (Å²) in [4.78, 5) is 14.0. The summed E-state index contributed by atoms with van der Waals surface area (Å²) in [6.07, 6.45) is 4.08. The first-order valence-electron chi connectivity index (χ1n) is 10.3. The van der Waals surface area contributed by atoms with Crippen LogP contribution in [0.4, 0.5) is 5.69 Å². The molecule has 0 radical (unpaired) electrons. The summed E-state index contributed by atoms with van der Waals surface area (Å²) in [7, 11) is 1.65. The molecular weight excluding hydrogens is 358 g/mol. The van der Waals surface area contributed by atoms with Gasteiger partial charge in [-0.1, -0.05) is 58.0 Å². The summed E-state index contributed by atoms with van der Waals surface area (Å²) in [5.41, 5.74) is 5.86. The van der Waals surface area contributed by atoms with Gasteiger partial charge in [-0.15, -0.1) is 0 Å². The largest absolute Gasteiger partial charge is 0.497 e. The van der Waals surface area contributed by atoms with E-state index in [1.54, 1.807) is 7.11 Å². The molecule has 0 aliphatic heterocycles.